The van der Waals surface area contributed by atoms with Crippen molar-refractivity contribution in [3.05, 3.63) is 65.7 Å². The number of imide groups is 1. The molecule has 150 valence electrons. The minimum absolute atomic E-state index is 0.122. The fourth-order valence-electron chi connectivity index (χ4n) is 3.07. The fourth-order valence-corrected chi connectivity index (χ4v) is 3.07. The van der Waals surface area contributed by atoms with Crippen LogP contribution < -0.4 is 10.6 Å². The maximum Gasteiger partial charge on any atom is 0.325 e. The molecule has 0 aromatic heterocycles. The van der Waals surface area contributed by atoms with E-state index in [1.807, 2.05) is 6.07 Å². The number of rotatable bonds is 6. The van der Waals surface area contributed by atoms with Crippen LogP contribution in [0.4, 0.5) is 10.5 Å². The molecule has 29 heavy (non-hydrogen) atoms. The molecule has 4 amide bonds. The minimum Gasteiger partial charge on any atom is -0.326 e. The van der Waals surface area contributed by atoms with E-state index in [1.54, 1.807) is 69.3 Å². The average molecular weight is 393 g/mol. The lowest BCUT2D eigenvalue weighted by Crippen LogP contribution is -2.41. The topological polar surface area (TPSA) is 95.6 Å². The molecule has 1 saturated heterocycles. The summed E-state index contributed by atoms with van der Waals surface area (Å²) in [6.07, 6.45) is 0. The van der Waals surface area contributed by atoms with Crippen LogP contribution in [0.25, 0.3) is 0 Å². The van der Waals surface area contributed by atoms with E-state index in [0.717, 1.165) is 4.90 Å². The van der Waals surface area contributed by atoms with Crippen LogP contribution in [0.15, 0.2) is 54.6 Å². The third-order valence-corrected chi connectivity index (χ3v) is 4.93. The molecule has 0 radical (unpaired) electrons. The van der Waals surface area contributed by atoms with Crippen LogP contribution in [-0.2, 0) is 15.1 Å². The first-order chi connectivity index (χ1) is 13.7. The molecule has 0 saturated carbocycles. The summed E-state index contributed by atoms with van der Waals surface area (Å²) < 4.78 is 0. The summed E-state index contributed by atoms with van der Waals surface area (Å²) in [7, 11) is 0. The van der Waals surface area contributed by atoms with Crippen molar-refractivity contribution in [3.63, 3.8) is 0 Å². The Hall–Kier alpha value is -3.48. The number of carbonyl (C=O) groups is 4. The zero-order chi connectivity index (χ0) is 21.2. The van der Waals surface area contributed by atoms with Gasteiger partial charge in [-0.2, -0.15) is 0 Å². The van der Waals surface area contributed by atoms with Crippen LogP contribution in [0, 0.1) is 5.92 Å². The number of carbonyl (C=O) groups excluding carboxylic acids is 4. The van der Waals surface area contributed by atoms with E-state index >= 15 is 0 Å². The molecule has 1 fully saturated rings. The highest BCUT2D eigenvalue weighted by atomic mass is 16.2. The van der Waals surface area contributed by atoms with Crippen molar-refractivity contribution in [3.8, 4) is 0 Å². The van der Waals surface area contributed by atoms with E-state index in [2.05, 4.69) is 10.6 Å². The Labute approximate surface area is 169 Å². The Kier molecular flexibility index (Phi) is 5.50. The van der Waals surface area contributed by atoms with Crippen LogP contribution in [-0.4, -0.2) is 35.1 Å². The average Bonchev–Trinajstić information content (AvgIpc) is 2.93. The zero-order valence-corrected chi connectivity index (χ0v) is 16.6. The van der Waals surface area contributed by atoms with Gasteiger partial charge >= 0.3 is 6.03 Å². The normalized spacial score (nSPS) is 18.7. The smallest absolute Gasteiger partial charge is 0.325 e. The number of amides is 4. The first-order valence-corrected chi connectivity index (χ1v) is 9.36. The molecule has 2 aromatic carbocycles. The molecular weight excluding hydrogens is 370 g/mol. The number of anilines is 1. The van der Waals surface area contributed by atoms with Crippen molar-refractivity contribution in [1.82, 2.24) is 10.2 Å². The molecule has 7 heteroatoms. The van der Waals surface area contributed by atoms with Gasteiger partial charge in [0.25, 0.3) is 5.91 Å². The SMILES string of the molecule is CC(C)C(=O)Nc1ccc(C(=O)CN2C(=O)NC(C)(c3ccccc3)C2=O)cc1. The minimum atomic E-state index is -1.20. The van der Waals surface area contributed by atoms with Gasteiger partial charge in [0.2, 0.25) is 5.91 Å². The van der Waals surface area contributed by atoms with Crippen molar-refractivity contribution in [1.29, 1.82) is 0 Å². The van der Waals surface area contributed by atoms with Gasteiger partial charge in [-0.15, -0.1) is 0 Å². The van der Waals surface area contributed by atoms with Crippen LogP contribution in [0.5, 0.6) is 0 Å². The second-order valence-corrected chi connectivity index (χ2v) is 7.46. The number of benzene rings is 2. The van der Waals surface area contributed by atoms with Gasteiger partial charge in [-0.1, -0.05) is 44.2 Å². The standard InChI is InChI=1S/C22H23N3O4/c1-14(2)19(27)23-17-11-9-15(10-12-17)18(26)13-25-20(28)22(3,24-21(25)29)16-7-5-4-6-8-16/h4-12,14H,13H2,1-3H3,(H,23,27)(H,24,29). The van der Waals surface area contributed by atoms with Crippen molar-refractivity contribution in [2.75, 3.05) is 11.9 Å². The van der Waals surface area contributed by atoms with Gasteiger partial charge in [-0.05, 0) is 36.8 Å². The molecule has 0 bridgehead atoms. The van der Waals surface area contributed by atoms with E-state index in [4.69, 9.17) is 0 Å². The van der Waals surface area contributed by atoms with E-state index < -0.39 is 17.5 Å². The van der Waals surface area contributed by atoms with Crippen LogP contribution in [0.2, 0.25) is 0 Å². The van der Waals surface area contributed by atoms with Crippen molar-refractivity contribution < 1.29 is 19.2 Å². The van der Waals surface area contributed by atoms with Gasteiger partial charge in [0.05, 0.1) is 6.54 Å². The Morgan fingerprint density at radius 2 is 1.66 bits per heavy atom. The van der Waals surface area contributed by atoms with Gasteiger partial charge in [0.15, 0.2) is 5.78 Å². The first-order valence-electron chi connectivity index (χ1n) is 9.36. The number of urea groups is 1. The summed E-state index contributed by atoms with van der Waals surface area (Å²) in [4.78, 5) is 50.6. The second-order valence-electron chi connectivity index (χ2n) is 7.46. The molecule has 0 aliphatic carbocycles. The molecule has 1 aliphatic heterocycles. The van der Waals surface area contributed by atoms with Gasteiger partial charge in [-0.25, -0.2) is 4.79 Å². The quantitative estimate of drug-likeness (QED) is 0.583. The summed E-state index contributed by atoms with van der Waals surface area (Å²) >= 11 is 0. The lowest BCUT2D eigenvalue weighted by atomic mass is 9.92. The molecule has 2 N–H and O–H groups in total. The summed E-state index contributed by atoms with van der Waals surface area (Å²) in [6, 6.07) is 14.7. The molecule has 7 nitrogen and oxygen atoms in total. The van der Waals surface area contributed by atoms with E-state index in [-0.39, 0.29) is 24.2 Å². The predicted molar refractivity (Wildman–Crippen MR) is 108 cm³/mol. The lowest BCUT2D eigenvalue weighted by molar-refractivity contribution is -0.130. The molecule has 1 heterocycles. The zero-order valence-electron chi connectivity index (χ0n) is 16.6. The van der Waals surface area contributed by atoms with Crippen LogP contribution >= 0.6 is 0 Å². The van der Waals surface area contributed by atoms with Crippen molar-refractivity contribution >= 4 is 29.3 Å². The monoisotopic (exact) mass is 393 g/mol. The van der Waals surface area contributed by atoms with Crippen LogP contribution in [0.1, 0.15) is 36.7 Å². The number of nitrogens with zero attached hydrogens (tertiary/aromatic N) is 1. The highest BCUT2D eigenvalue weighted by Crippen LogP contribution is 2.28. The van der Waals surface area contributed by atoms with Crippen molar-refractivity contribution in [2.45, 2.75) is 26.3 Å². The lowest BCUT2D eigenvalue weighted by Gasteiger charge is -2.22. The molecule has 3 rings (SSSR count). The Balaban J connectivity index is 1.71. The number of ketones is 1. The number of hydrogen-bond acceptors (Lipinski definition) is 4. The molecule has 1 unspecified atom stereocenters. The molecule has 2 aromatic rings. The Morgan fingerprint density at radius 1 is 1.03 bits per heavy atom. The summed E-state index contributed by atoms with van der Waals surface area (Å²) in [5.41, 5.74) is 0.371. The van der Waals surface area contributed by atoms with Crippen LogP contribution in [0.3, 0.4) is 0 Å². The summed E-state index contributed by atoms with van der Waals surface area (Å²) in [5, 5.41) is 5.43. The molecule has 1 aliphatic rings. The van der Waals surface area contributed by atoms with Gasteiger partial charge in [-0.3, -0.25) is 19.3 Å². The highest BCUT2D eigenvalue weighted by Gasteiger charge is 2.49. The Morgan fingerprint density at radius 3 is 2.24 bits per heavy atom. The summed E-state index contributed by atoms with van der Waals surface area (Å²) in [5.74, 6) is -1.12. The largest absolute Gasteiger partial charge is 0.326 e. The van der Waals surface area contributed by atoms with Gasteiger partial charge in [0.1, 0.15) is 5.54 Å². The van der Waals surface area contributed by atoms with E-state index in [9.17, 15) is 19.2 Å². The highest BCUT2D eigenvalue weighted by molar-refractivity contribution is 6.11. The predicted octanol–water partition coefficient (Wildman–Crippen LogP) is 2.93. The fraction of sp³-hybridized carbons (Fsp3) is 0.273. The second kappa shape index (κ2) is 7.87. The van der Waals surface area contributed by atoms with Gasteiger partial charge in [0, 0.05) is 17.2 Å². The molecule has 1 atom stereocenters. The maximum atomic E-state index is 12.9. The first kappa shape index (κ1) is 20.3. The Bertz CT molecular complexity index is 954. The van der Waals surface area contributed by atoms with Gasteiger partial charge < -0.3 is 10.6 Å². The van der Waals surface area contributed by atoms with Crippen molar-refractivity contribution in [2.24, 2.45) is 5.92 Å². The van der Waals surface area contributed by atoms with E-state index in [1.165, 1.54) is 0 Å². The third kappa shape index (κ3) is 4.03. The summed E-state index contributed by atoms with van der Waals surface area (Å²) in [6.45, 7) is 4.84. The number of Topliss-reactive ketones (excluding diaryl/α,β-unsaturated/α-hetero) is 1. The van der Waals surface area contributed by atoms with E-state index in [0.29, 0.717) is 16.8 Å². The maximum absolute atomic E-state index is 12.9. The number of nitrogens with one attached hydrogen (secondary N) is 2. The number of hydrogen-bond donors (Lipinski definition) is 2. The molecular formula is C22H23N3O4. The third-order valence-electron chi connectivity index (χ3n) is 4.93. The molecule has 0 spiro atoms.